The third kappa shape index (κ3) is 7.80. The SMILES string of the molecule is CCCCC(NC=O)C(=O)NC(CC(C)C)C(=O)C(CCO)c1ccccc1. The second-order valence-corrected chi connectivity index (χ2v) is 7.55. The van der Waals surface area contributed by atoms with Gasteiger partial charge in [-0.3, -0.25) is 14.4 Å². The number of aliphatic hydroxyl groups is 1. The second-order valence-electron chi connectivity index (χ2n) is 7.55. The van der Waals surface area contributed by atoms with Crippen molar-refractivity contribution in [1.82, 2.24) is 10.6 Å². The van der Waals surface area contributed by atoms with Gasteiger partial charge in [0.25, 0.3) is 0 Å². The fourth-order valence-corrected chi connectivity index (χ4v) is 3.30. The zero-order chi connectivity index (χ0) is 20.9. The molecule has 0 aliphatic rings. The van der Waals surface area contributed by atoms with E-state index in [0.717, 1.165) is 18.4 Å². The third-order valence-corrected chi connectivity index (χ3v) is 4.76. The number of hydrogen-bond donors (Lipinski definition) is 3. The monoisotopic (exact) mass is 390 g/mol. The summed E-state index contributed by atoms with van der Waals surface area (Å²) in [5.41, 5.74) is 0.832. The summed E-state index contributed by atoms with van der Waals surface area (Å²) in [4.78, 5) is 36.9. The Morgan fingerprint density at radius 1 is 1.11 bits per heavy atom. The largest absolute Gasteiger partial charge is 0.396 e. The van der Waals surface area contributed by atoms with Gasteiger partial charge in [0.15, 0.2) is 5.78 Å². The number of ketones is 1. The minimum atomic E-state index is -0.665. The van der Waals surface area contributed by atoms with E-state index in [2.05, 4.69) is 10.6 Å². The van der Waals surface area contributed by atoms with Gasteiger partial charge in [-0.05, 0) is 30.7 Å². The Morgan fingerprint density at radius 2 is 1.79 bits per heavy atom. The van der Waals surface area contributed by atoms with E-state index in [9.17, 15) is 19.5 Å². The van der Waals surface area contributed by atoms with Gasteiger partial charge in [0.05, 0.1) is 6.04 Å². The molecule has 6 nitrogen and oxygen atoms in total. The molecule has 1 rings (SSSR count). The molecule has 0 spiro atoms. The molecule has 1 aromatic rings. The molecule has 3 atom stereocenters. The average molecular weight is 391 g/mol. The molecule has 0 radical (unpaired) electrons. The molecule has 1 aromatic carbocycles. The number of hydrogen-bond acceptors (Lipinski definition) is 4. The molecule has 0 saturated carbocycles. The van der Waals surface area contributed by atoms with E-state index >= 15 is 0 Å². The molecule has 0 aromatic heterocycles. The minimum Gasteiger partial charge on any atom is -0.396 e. The highest BCUT2D eigenvalue weighted by Gasteiger charge is 2.31. The molecule has 0 saturated heterocycles. The lowest BCUT2D eigenvalue weighted by atomic mass is 9.85. The van der Waals surface area contributed by atoms with Crippen LogP contribution in [0.15, 0.2) is 30.3 Å². The van der Waals surface area contributed by atoms with Crippen molar-refractivity contribution < 1.29 is 19.5 Å². The first kappa shape index (κ1) is 23.8. The van der Waals surface area contributed by atoms with Crippen LogP contribution in [0.25, 0.3) is 0 Å². The van der Waals surface area contributed by atoms with Gasteiger partial charge in [0, 0.05) is 12.5 Å². The van der Waals surface area contributed by atoms with Crippen LogP contribution in [0.2, 0.25) is 0 Å². The van der Waals surface area contributed by atoms with E-state index < -0.39 is 18.0 Å². The van der Waals surface area contributed by atoms with Crippen molar-refractivity contribution >= 4 is 18.1 Å². The van der Waals surface area contributed by atoms with Crippen LogP contribution in [0.3, 0.4) is 0 Å². The Morgan fingerprint density at radius 3 is 2.32 bits per heavy atom. The highest BCUT2D eigenvalue weighted by molar-refractivity contribution is 5.95. The molecular formula is C22H34N2O4. The fraction of sp³-hybridized carbons (Fsp3) is 0.591. The topological polar surface area (TPSA) is 95.5 Å². The molecule has 6 heteroatoms. The number of unbranched alkanes of at least 4 members (excludes halogenated alkanes) is 1. The Kier molecular flexibility index (Phi) is 11.1. The van der Waals surface area contributed by atoms with Gasteiger partial charge in [-0.15, -0.1) is 0 Å². The summed E-state index contributed by atoms with van der Waals surface area (Å²) in [6.45, 7) is 5.89. The molecule has 0 aliphatic carbocycles. The number of Topliss-reactive ketones (excluding diaryl/α,β-unsaturated/α-hetero) is 1. The molecule has 156 valence electrons. The number of benzene rings is 1. The van der Waals surface area contributed by atoms with Gasteiger partial charge in [0.1, 0.15) is 6.04 Å². The number of nitrogens with one attached hydrogen (secondary N) is 2. The Hall–Kier alpha value is -2.21. The van der Waals surface area contributed by atoms with Crippen LogP contribution in [0.5, 0.6) is 0 Å². The molecule has 3 unspecified atom stereocenters. The minimum absolute atomic E-state index is 0.109. The average Bonchev–Trinajstić information content (AvgIpc) is 2.68. The molecule has 3 N–H and O–H groups in total. The van der Waals surface area contributed by atoms with Crippen molar-refractivity contribution in [1.29, 1.82) is 0 Å². The van der Waals surface area contributed by atoms with Crippen molar-refractivity contribution in [2.24, 2.45) is 5.92 Å². The van der Waals surface area contributed by atoms with E-state index in [1.54, 1.807) is 0 Å². The van der Waals surface area contributed by atoms with Gasteiger partial charge in [-0.2, -0.15) is 0 Å². The number of amides is 2. The van der Waals surface area contributed by atoms with Gasteiger partial charge in [-0.1, -0.05) is 63.9 Å². The van der Waals surface area contributed by atoms with Crippen molar-refractivity contribution in [3.63, 3.8) is 0 Å². The highest BCUT2D eigenvalue weighted by atomic mass is 16.3. The molecule has 0 bridgehead atoms. The predicted octanol–water partition coefficient (Wildman–Crippen LogP) is 2.56. The van der Waals surface area contributed by atoms with Crippen LogP contribution in [0, 0.1) is 5.92 Å². The summed E-state index contributed by atoms with van der Waals surface area (Å²) < 4.78 is 0. The maximum atomic E-state index is 13.3. The standard InChI is InChI=1S/C22H34N2O4/c1-4-5-11-19(23-15-26)22(28)24-20(14-16(2)3)21(27)18(12-13-25)17-9-7-6-8-10-17/h6-10,15-16,18-20,25H,4-5,11-14H2,1-3H3,(H,23,26)(H,24,28). The van der Waals surface area contributed by atoms with E-state index in [1.165, 1.54) is 0 Å². The summed E-state index contributed by atoms with van der Waals surface area (Å²) >= 11 is 0. The first-order chi connectivity index (χ1) is 13.4. The Labute approximate surface area is 168 Å². The summed E-state index contributed by atoms with van der Waals surface area (Å²) in [5.74, 6) is -0.728. The summed E-state index contributed by atoms with van der Waals surface area (Å²) in [6.07, 6.45) is 3.57. The number of aliphatic hydroxyl groups excluding tert-OH is 1. The normalized spacial score (nSPS) is 14.2. The number of rotatable bonds is 14. The zero-order valence-electron chi connectivity index (χ0n) is 17.2. The summed E-state index contributed by atoms with van der Waals surface area (Å²) in [6, 6.07) is 8.01. The van der Waals surface area contributed by atoms with E-state index in [-0.39, 0.29) is 24.2 Å². The first-order valence-electron chi connectivity index (χ1n) is 10.1. The molecule has 28 heavy (non-hydrogen) atoms. The van der Waals surface area contributed by atoms with Crippen molar-refractivity contribution in [2.45, 2.75) is 70.9 Å². The van der Waals surface area contributed by atoms with Gasteiger partial charge in [0.2, 0.25) is 12.3 Å². The van der Waals surface area contributed by atoms with E-state index in [1.807, 2.05) is 51.1 Å². The molecular weight excluding hydrogens is 356 g/mol. The van der Waals surface area contributed by atoms with Crippen LogP contribution in [0.1, 0.15) is 64.4 Å². The van der Waals surface area contributed by atoms with Gasteiger partial charge < -0.3 is 15.7 Å². The molecule has 0 aliphatic heterocycles. The maximum Gasteiger partial charge on any atom is 0.243 e. The second kappa shape index (κ2) is 13.0. The van der Waals surface area contributed by atoms with Gasteiger partial charge >= 0.3 is 0 Å². The summed E-state index contributed by atoms with van der Waals surface area (Å²) in [5, 5.41) is 14.9. The fourth-order valence-electron chi connectivity index (χ4n) is 3.30. The zero-order valence-corrected chi connectivity index (χ0v) is 17.2. The quantitative estimate of drug-likeness (QED) is 0.426. The summed E-state index contributed by atoms with van der Waals surface area (Å²) in [7, 11) is 0. The molecule has 2 amide bonds. The number of carbonyl (C=O) groups excluding carboxylic acids is 3. The van der Waals surface area contributed by atoms with Crippen molar-refractivity contribution in [2.75, 3.05) is 6.61 Å². The van der Waals surface area contributed by atoms with Crippen LogP contribution in [-0.4, -0.2) is 41.9 Å². The Bertz CT molecular complexity index is 604. The number of carbonyl (C=O) groups is 3. The Balaban J connectivity index is 3.02. The van der Waals surface area contributed by atoms with Crippen LogP contribution < -0.4 is 10.6 Å². The first-order valence-corrected chi connectivity index (χ1v) is 10.1. The molecule has 0 heterocycles. The molecule has 0 fully saturated rings. The maximum absolute atomic E-state index is 13.3. The van der Waals surface area contributed by atoms with E-state index in [4.69, 9.17) is 0 Å². The van der Waals surface area contributed by atoms with E-state index in [0.29, 0.717) is 25.7 Å². The smallest absolute Gasteiger partial charge is 0.243 e. The van der Waals surface area contributed by atoms with Crippen LogP contribution in [-0.2, 0) is 14.4 Å². The van der Waals surface area contributed by atoms with Crippen LogP contribution in [0.4, 0.5) is 0 Å². The lowest BCUT2D eigenvalue weighted by Gasteiger charge is -2.26. The highest BCUT2D eigenvalue weighted by Crippen LogP contribution is 2.24. The van der Waals surface area contributed by atoms with Crippen LogP contribution >= 0.6 is 0 Å². The third-order valence-electron chi connectivity index (χ3n) is 4.76. The van der Waals surface area contributed by atoms with Crippen molar-refractivity contribution in [3.8, 4) is 0 Å². The predicted molar refractivity (Wildman–Crippen MR) is 110 cm³/mol. The lowest BCUT2D eigenvalue weighted by Crippen LogP contribution is -2.51. The van der Waals surface area contributed by atoms with Gasteiger partial charge in [-0.25, -0.2) is 0 Å². The van der Waals surface area contributed by atoms with Crippen molar-refractivity contribution in [3.05, 3.63) is 35.9 Å². The lowest BCUT2D eigenvalue weighted by molar-refractivity contribution is -0.131.